The molecule has 8 nitrogen and oxygen atoms in total. The van der Waals surface area contributed by atoms with Crippen molar-refractivity contribution in [3.63, 3.8) is 0 Å². The summed E-state index contributed by atoms with van der Waals surface area (Å²) in [6, 6.07) is 6.89. The van der Waals surface area contributed by atoms with E-state index in [9.17, 15) is 14.4 Å². The van der Waals surface area contributed by atoms with Crippen LogP contribution in [0.15, 0.2) is 35.5 Å². The molecule has 0 aliphatic carbocycles. The van der Waals surface area contributed by atoms with Crippen LogP contribution >= 0.6 is 0 Å². The van der Waals surface area contributed by atoms with Crippen molar-refractivity contribution < 1.29 is 19.1 Å². The minimum absolute atomic E-state index is 0.118. The molecule has 0 radical (unpaired) electrons. The van der Waals surface area contributed by atoms with Crippen LogP contribution in [-0.2, 0) is 20.7 Å². The first-order valence-electron chi connectivity index (χ1n) is 9.92. The molecule has 8 heteroatoms. The predicted molar refractivity (Wildman–Crippen MR) is 108 cm³/mol. The summed E-state index contributed by atoms with van der Waals surface area (Å²) >= 11 is 0. The van der Waals surface area contributed by atoms with Gasteiger partial charge in [0.1, 0.15) is 0 Å². The number of urea groups is 1. The number of nitrogens with two attached hydrogens (primary N) is 1. The summed E-state index contributed by atoms with van der Waals surface area (Å²) in [5, 5.41) is 5.62. The zero-order valence-electron chi connectivity index (χ0n) is 16.9. The summed E-state index contributed by atoms with van der Waals surface area (Å²) in [5.41, 5.74) is 8.33. The number of carbonyl (C=O) groups is 3. The van der Waals surface area contributed by atoms with Crippen molar-refractivity contribution in [2.45, 2.75) is 32.2 Å². The van der Waals surface area contributed by atoms with Crippen molar-refractivity contribution in [2.75, 3.05) is 26.7 Å². The smallest absolute Gasteiger partial charge is 0.338 e. The number of benzene rings is 1. The van der Waals surface area contributed by atoms with Crippen molar-refractivity contribution in [2.24, 2.45) is 11.7 Å². The normalized spacial score (nSPS) is 20.8. The molecule has 0 aromatic heterocycles. The fourth-order valence-corrected chi connectivity index (χ4v) is 3.89. The summed E-state index contributed by atoms with van der Waals surface area (Å²) < 4.78 is 5.02. The average molecular weight is 400 g/mol. The van der Waals surface area contributed by atoms with Crippen LogP contribution in [0.2, 0.25) is 0 Å². The Morgan fingerprint density at radius 2 is 1.86 bits per heavy atom. The van der Waals surface area contributed by atoms with E-state index in [0.717, 1.165) is 12.0 Å². The molecular weight excluding hydrogens is 372 g/mol. The second kappa shape index (κ2) is 9.09. The molecule has 2 aliphatic rings. The van der Waals surface area contributed by atoms with E-state index in [1.165, 1.54) is 12.7 Å². The van der Waals surface area contributed by atoms with Gasteiger partial charge in [-0.2, -0.15) is 0 Å². The number of nitrogens with one attached hydrogen (secondary N) is 2. The van der Waals surface area contributed by atoms with Gasteiger partial charge in [-0.3, -0.25) is 9.69 Å². The molecule has 0 unspecified atom stereocenters. The predicted octanol–water partition coefficient (Wildman–Crippen LogP) is 1.23. The summed E-state index contributed by atoms with van der Waals surface area (Å²) in [6.07, 6.45) is 2.25. The summed E-state index contributed by atoms with van der Waals surface area (Å²) in [6.45, 7) is 3.81. The largest absolute Gasteiger partial charge is 0.466 e. The molecule has 1 fully saturated rings. The van der Waals surface area contributed by atoms with E-state index < -0.39 is 12.0 Å². The average Bonchev–Trinajstić information content (AvgIpc) is 2.73. The fraction of sp³-hybridized carbons (Fsp3) is 0.476. The van der Waals surface area contributed by atoms with Crippen molar-refractivity contribution in [3.8, 4) is 0 Å². The van der Waals surface area contributed by atoms with Gasteiger partial charge in [-0.1, -0.05) is 31.2 Å². The lowest BCUT2D eigenvalue weighted by molar-refractivity contribution is -0.136. The van der Waals surface area contributed by atoms with Crippen molar-refractivity contribution in [1.82, 2.24) is 15.5 Å². The highest BCUT2D eigenvalue weighted by molar-refractivity contribution is 5.95. The number of primary amides is 1. The monoisotopic (exact) mass is 400 g/mol. The highest BCUT2D eigenvalue weighted by Crippen LogP contribution is 2.29. The Morgan fingerprint density at radius 1 is 1.21 bits per heavy atom. The second-order valence-electron chi connectivity index (χ2n) is 7.46. The van der Waals surface area contributed by atoms with Crippen LogP contribution in [0, 0.1) is 5.92 Å². The van der Waals surface area contributed by atoms with Crippen LogP contribution in [0.5, 0.6) is 0 Å². The van der Waals surface area contributed by atoms with E-state index in [1.54, 1.807) is 0 Å². The molecule has 3 amide bonds. The number of likely N-dealkylation sites (tertiary alicyclic amines) is 1. The molecule has 1 saturated heterocycles. The third kappa shape index (κ3) is 4.76. The lowest BCUT2D eigenvalue weighted by Crippen LogP contribution is -2.49. The number of piperidine rings is 1. The van der Waals surface area contributed by atoms with E-state index in [0.29, 0.717) is 43.7 Å². The lowest BCUT2D eigenvalue weighted by atomic mass is 9.93. The van der Waals surface area contributed by atoms with Gasteiger partial charge in [0, 0.05) is 18.2 Å². The van der Waals surface area contributed by atoms with E-state index in [1.807, 2.05) is 24.3 Å². The third-order valence-corrected chi connectivity index (χ3v) is 5.65. The number of hydrogen-bond donors (Lipinski definition) is 3. The zero-order chi connectivity index (χ0) is 21.0. The maximum absolute atomic E-state index is 12.6. The summed E-state index contributed by atoms with van der Waals surface area (Å²) in [5.74, 6) is -0.873. The molecular formula is C21H28N4O4. The molecule has 1 atom stereocenters. The number of methoxy groups -OCH3 is 1. The summed E-state index contributed by atoms with van der Waals surface area (Å²) in [4.78, 5) is 38.5. The number of aryl methyl sites for hydroxylation is 1. The van der Waals surface area contributed by atoms with Crippen LogP contribution in [0.4, 0.5) is 4.79 Å². The van der Waals surface area contributed by atoms with Gasteiger partial charge in [-0.15, -0.1) is 0 Å². The number of rotatable bonds is 6. The first-order chi connectivity index (χ1) is 13.9. The highest BCUT2D eigenvalue weighted by Gasteiger charge is 2.34. The first-order valence-corrected chi connectivity index (χ1v) is 9.92. The molecule has 29 heavy (non-hydrogen) atoms. The Morgan fingerprint density at radius 3 is 2.41 bits per heavy atom. The number of ether oxygens (including phenoxy) is 1. The Bertz CT molecular complexity index is 810. The molecule has 3 rings (SSSR count). The standard InChI is InChI=1S/C21H28N4O4/c1-3-13-4-6-14(7-5-13)18-17(20(27)29-2)16(23-21(28)24-18)12-25-10-8-15(9-11-25)19(22)26/h4-7,15,18H,3,8-12H2,1-2H3,(H2,22,26)(H2,23,24,28)/t18-/m0/s1. The second-order valence-corrected chi connectivity index (χ2v) is 7.46. The number of carbonyl (C=O) groups excluding carboxylic acids is 3. The van der Waals surface area contributed by atoms with Gasteiger partial charge in [0.2, 0.25) is 5.91 Å². The molecule has 0 saturated carbocycles. The van der Waals surface area contributed by atoms with Gasteiger partial charge in [-0.25, -0.2) is 9.59 Å². The maximum atomic E-state index is 12.6. The van der Waals surface area contributed by atoms with Gasteiger partial charge in [0.15, 0.2) is 0 Å². The fourth-order valence-electron chi connectivity index (χ4n) is 3.89. The molecule has 156 valence electrons. The zero-order valence-corrected chi connectivity index (χ0v) is 16.9. The van der Waals surface area contributed by atoms with Crippen LogP contribution in [0.1, 0.15) is 36.9 Å². The van der Waals surface area contributed by atoms with Crippen LogP contribution in [0.25, 0.3) is 0 Å². The van der Waals surface area contributed by atoms with Crippen LogP contribution < -0.4 is 16.4 Å². The number of nitrogens with zero attached hydrogens (tertiary/aromatic N) is 1. The SMILES string of the molecule is CCc1ccc([C@@H]2NC(=O)NC(CN3CCC(C(N)=O)CC3)=C2C(=O)OC)cc1. The minimum atomic E-state index is -0.583. The van der Waals surface area contributed by atoms with Gasteiger partial charge in [-0.05, 0) is 43.5 Å². The van der Waals surface area contributed by atoms with E-state index in [2.05, 4.69) is 22.5 Å². The van der Waals surface area contributed by atoms with E-state index >= 15 is 0 Å². The van der Waals surface area contributed by atoms with Crippen LogP contribution in [-0.4, -0.2) is 49.6 Å². The quantitative estimate of drug-likeness (QED) is 0.622. The number of esters is 1. The van der Waals surface area contributed by atoms with Gasteiger partial charge in [0.05, 0.1) is 18.7 Å². The molecule has 1 aromatic carbocycles. The Labute approximate surface area is 170 Å². The van der Waals surface area contributed by atoms with Gasteiger partial charge < -0.3 is 21.1 Å². The highest BCUT2D eigenvalue weighted by atomic mass is 16.5. The van der Waals surface area contributed by atoms with Crippen molar-refractivity contribution >= 4 is 17.9 Å². The van der Waals surface area contributed by atoms with Gasteiger partial charge >= 0.3 is 12.0 Å². The molecule has 0 spiro atoms. The Kier molecular flexibility index (Phi) is 6.53. The summed E-state index contributed by atoms with van der Waals surface area (Å²) in [7, 11) is 1.33. The minimum Gasteiger partial charge on any atom is -0.466 e. The molecule has 0 bridgehead atoms. The van der Waals surface area contributed by atoms with Crippen LogP contribution in [0.3, 0.4) is 0 Å². The Hall–Kier alpha value is -2.87. The van der Waals surface area contributed by atoms with Crippen molar-refractivity contribution in [1.29, 1.82) is 0 Å². The third-order valence-electron chi connectivity index (χ3n) is 5.65. The maximum Gasteiger partial charge on any atom is 0.338 e. The lowest BCUT2D eigenvalue weighted by Gasteiger charge is -2.34. The number of hydrogen-bond acceptors (Lipinski definition) is 5. The Balaban J connectivity index is 1.87. The molecule has 4 N–H and O–H groups in total. The molecule has 2 aliphatic heterocycles. The molecule has 1 aromatic rings. The topological polar surface area (TPSA) is 114 Å². The number of amides is 3. The van der Waals surface area contributed by atoms with E-state index in [4.69, 9.17) is 10.5 Å². The first kappa shape index (κ1) is 20.9. The van der Waals surface area contributed by atoms with Gasteiger partial charge in [0.25, 0.3) is 0 Å². The van der Waals surface area contributed by atoms with E-state index in [-0.39, 0.29) is 17.9 Å². The molecule has 2 heterocycles. The van der Waals surface area contributed by atoms with Crippen molar-refractivity contribution in [3.05, 3.63) is 46.7 Å².